The number of rotatable bonds is 5. The normalized spacial score (nSPS) is 21.0. The molecule has 1 unspecified atom stereocenters. The fourth-order valence-corrected chi connectivity index (χ4v) is 4.37. The minimum Gasteiger partial charge on any atom is -0.387 e. The molecule has 2 aromatic heterocycles. The van der Waals surface area contributed by atoms with Gasteiger partial charge in [-0.05, 0) is 23.4 Å². The van der Waals surface area contributed by atoms with Crippen molar-refractivity contribution in [2.45, 2.75) is 18.6 Å². The third-order valence-corrected chi connectivity index (χ3v) is 5.61. The van der Waals surface area contributed by atoms with E-state index in [1.54, 1.807) is 17.7 Å². The third kappa shape index (κ3) is 3.51. The zero-order valence-corrected chi connectivity index (χ0v) is 15.1. The van der Waals surface area contributed by atoms with E-state index in [4.69, 9.17) is 0 Å². The van der Waals surface area contributed by atoms with Gasteiger partial charge in [-0.3, -0.25) is 4.90 Å². The predicted molar refractivity (Wildman–Crippen MR) is 102 cm³/mol. The average Bonchev–Trinajstić information content (AvgIpc) is 3.22. The lowest BCUT2D eigenvalue weighted by atomic mass is 10.0. The Morgan fingerprint density at radius 3 is 2.92 bits per heavy atom. The van der Waals surface area contributed by atoms with Gasteiger partial charge in [0, 0.05) is 33.2 Å². The van der Waals surface area contributed by atoms with Crippen molar-refractivity contribution < 1.29 is 5.11 Å². The van der Waals surface area contributed by atoms with Crippen molar-refractivity contribution in [3.05, 3.63) is 53.7 Å². The van der Waals surface area contributed by atoms with Crippen molar-refractivity contribution in [2.24, 2.45) is 0 Å². The summed E-state index contributed by atoms with van der Waals surface area (Å²) in [5.74, 6) is 0.890. The topological polar surface area (TPSA) is 52.5 Å². The summed E-state index contributed by atoms with van der Waals surface area (Å²) in [5, 5.41) is 14.2. The number of hydrogen-bond acceptors (Lipinski definition) is 6. The second-order valence-corrected chi connectivity index (χ2v) is 7.76. The highest BCUT2D eigenvalue weighted by Crippen LogP contribution is 2.29. The first-order chi connectivity index (χ1) is 12.1. The summed E-state index contributed by atoms with van der Waals surface area (Å²) in [5.41, 5.74) is 0.576. The Bertz CT molecular complexity index is 853. The standard InChI is InChI=1S/C19H22N4OS/c1-22(17-16-7-10-25-18(16)21-14-20-17)12-19(24)8-9-23(13-19)11-15-5-3-2-4-6-15/h2-7,10,14,24H,8-9,11-13H2,1H3. The quantitative estimate of drug-likeness (QED) is 0.764. The molecule has 0 aliphatic carbocycles. The number of likely N-dealkylation sites (tertiary alicyclic amines) is 1. The van der Waals surface area contributed by atoms with Gasteiger partial charge in [0.05, 0.1) is 11.0 Å². The number of aromatic nitrogens is 2. The maximum atomic E-state index is 11.1. The van der Waals surface area contributed by atoms with Gasteiger partial charge < -0.3 is 10.0 Å². The molecule has 0 spiro atoms. The number of thiophene rings is 1. The second-order valence-electron chi connectivity index (χ2n) is 6.86. The fourth-order valence-electron chi connectivity index (χ4n) is 3.64. The maximum absolute atomic E-state index is 11.1. The molecule has 4 rings (SSSR count). The molecule has 25 heavy (non-hydrogen) atoms. The van der Waals surface area contributed by atoms with Crippen molar-refractivity contribution in [3.8, 4) is 0 Å². The lowest BCUT2D eigenvalue weighted by Crippen LogP contribution is -2.44. The van der Waals surface area contributed by atoms with E-state index in [1.807, 2.05) is 24.6 Å². The van der Waals surface area contributed by atoms with Crippen molar-refractivity contribution in [2.75, 3.05) is 31.6 Å². The van der Waals surface area contributed by atoms with Crippen molar-refractivity contribution in [1.29, 1.82) is 0 Å². The van der Waals surface area contributed by atoms with Gasteiger partial charge in [0.25, 0.3) is 0 Å². The van der Waals surface area contributed by atoms with E-state index in [9.17, 15) is 5.11 Å². The first-order valence-electron chi connectivity index (χ1n) is 8.51. The van der Waals surface area contributed by atoms with Crippen LogP contribution in [0.1, 0.15) is 12.0 Å². The molecule has 1 atom stereocenters. The smallest absolute Gasteiger partial charge is 0.140 e. The molecule has 3 aromatic rings. The molecule has 1 N–H and O–H groups in total. The van der Waals surface area contributed by atoms with Gasteiger partial charge in [-0.1, -0.05) is 30.3 Å². The van der Waals surface area contributed by atoms with Gasteiger partial charge in [0.15, 0.2) is 0 Å². The van der Waals surface area contributed by atoms with Gasteiger partial charge in [-0.25, -0.2) is 9.97 Å². The van der Waals surface area contributed by atoms with Crippen LogP contribution in [0.25, 0.3) is 10.2 Å². The summed E-state index contributed by atoms with van der Waals surface area (Å²) < 4.78 is 0. The molecule has 1 aliphatic heterocycles. The van der Waals surface area contributed by atoms with Crippen LogP contribution in [0.5, 0.6) is 0 Å². The van der Waals surface area contributed by atoms with E-state index in [1.165, 1.54) is 5.56 Å². The van der Waals surface area contributed by atoms with Crippen molar-refractivity contribution >= 4 is 27.4 Å². The minimum atomic E-state index is -0.711. The third-order valence-electron chi connectivity index (χ3n) is 4.79. The highest BCUT2D eigenvalue weighted by atomic mass is 32.1. The predicted octanol–water partition coefficient (Wildman–Crippen LogP) is 2.76. The number of likely N-dealkylation sites (N-methyl/N-ethyl adjacent to an activating group) is 1. The van der Waals surface area contributed by atoms with E-state index in [2.05, 4.69) is 44.0 Å². The van der Waals surface area contributed by atoms with Crippen molar-refractivity contribution in [3.63, 3.8) is 0 Å². The molecule has 0 bridgehead atoms. The SMILES string of the molecule is CN(CC1(O)CCN(Cc2ccccc2)C1)c1ncnc2sccc12. The molecule has 1 aliphatic rings. The van der Waals surface area contributed by atoms with Crippen LogP contribution in [-0.2, 0) is 6.54 Å². The van der Waals surface area contributed by atoms with Crippen LogP contribution in [0.2, 0.25) is 0 Å². The monoisotopic (exact) mass is 354 g/mol. The summed E-state index contributed by atoms with van der Waals surface area (Å²) >= 11 is 1.61. The molecular weight excluding hydrogens is 332 g/mol. The van der Waals surface area contributed by atoms with E-state index >= 15 is 0 Å². The summed E-state index contributed by atoms with van der Waals surface area (Å²) in [6.07, 6.45) is 2.38. The van der Waals surface area contributed by atoms with Crippen LogP contribution in [0, 0.1) is 0 Å². The summed E-state index contributed by atoms with van der Waals surface area (Å²) in [4.78, 5) is 14.1. The summed E-state index contributed by atoms with van der Waals surface area (Å²) in [6.45, 7) is 3.05. The number of hydrogen-bond donors (Lipinski definition) is 1. The number of aliphatic hydroxyl groups is 1. The lowest BCUT2D eigenvalue weighted by molar-refractivity contribution is 0.0561. The van der Waals surface area contributed by atoms with Crippen LogP contribution >= 0.6 is 11.3 Å². The molecule has 6 heteroatoms. The van der Waals surface area contributed by atoms with Gasteiger partial charge in [-0.15, -0.1) is 11.3 Å². The van der Waals surface area contributed by atoms with Crippen LogP contribution in [0.15, 0.2) is 48.1 Å². The molecule has 0 radical (unpaired) electrons. The number of benzene rings is 1. The van der Waals surface area contributed by atoms with Crippen LogP contribution in [0.3, 0.4) is 0 Å². The van der Waals surface area contributed by atoms with E-state index in [-0.39, 0.29) is 0 Å². The van der Waals surface area contributed by atoms with Crippen molar-refractivity contribution in [1.82, 2.24) is 14.9 Å². The largest absolute Gasteiger partial charge is 0.387 e. The zero-order chi connectivity index (χ0) is 17.3. The highest BCUT2D eigenvalue weighted by Gasteiger charge is 2.37. The molecule has 1 aromatic carbocycles. The van der Waals surface area contributed by atoms with Crippen LogP contribution < -0.4 is 4.90 Å². The Labute approximate surface area is 151 Å². The zero-order valence-electron chi connectivity index (χ0n) is 14.3. The number of fused-ring (bicyclic) bond motifs is 1. The average molecular weight is 354 g/mol. The second kappa shape index (κ2) is 6.71. The van der Waals surface area contributed by atoms with Gasteiger partial charge in [-0.2, -0.15) is 0 Å². The molecule has 0 amide bonds. The summed E-state index contributed by atoms with van der Waals surface area (Å²) in [7, 11) is 2.00. The molecular formula is C19H22N4OS. The lowest BCUT2D eigenvalue weighted by Gasteiger charge is -2.30. The van der Waals surface area contributed by atoms with Gasteiger partial charge in [0.2, 0.25) is 0 Å². The first-order valence-corrected chi connectivity index (χ1v) is 9.39. The highest BCUT2D eigenvalue weighted by molar-refractivity contribution is 7.16. The molecule has 0 saturated carbocycles. The maximum Gasteiger partial charge on any atom is 0.140 e. The molecule has 1 saturated heterocycles. The number of anilines is 1. The van der Waals surface area contributed by atoms with Gasteiger partial charge in [0.1, 0.15) is 17.0 Å². The molecule has 1 fully saturated rings. The fraction of sp³-hybridized carbons (Fsp3) is 0.368. The Morgan fingerprint density at radius 1 is 1.24 bits per heavy atom. The number of β-amino-alcohol motifs (C(OH)–C–C–N with tert-alkyl or cyclic N) is 1. The Morgan fingerprint density at radius 2 is 2.08 bits per heavy atom. The van der Waals surface area contributed by atoms with E-state index < -0.39 is 5.60 Å². The molecule has 5 nitrogen and oxygen atoms in total. The summed E-state index contributed by atoms with van der Waals surface area (Å²) in [6, 6.07) is 12.5. The van der Waals surface area contributed by atoms with Gasteiger partial charge >= 0.3 is 0 Å². The first kappa shape index (κ1) is 16.4. The van der Waals surface area contributed by atoms with Crippen LogP contribution in [-0.4, -0.2) is 52.3 Å². The number of nitrogens with zero attached hydrogens (tertiary/aromatic N) is 4. The minimum absolute atomic E-state index is 0.570. The molecule has 130 valence electrons. The van der Waals surface area contributed by atoms with E-state index in [0.29, 0.717) is 13.1 Å². The van der Waals surface area contributed by atoms with Crippen LogP contribution in [0.4, 0.5) is 5.82 Å². The molecule has 3 heterocycles. The Hall–Kier alpha value is -2.02. The Kier molecular flexibility index (Phi) is 4.41. The van der Waals surface area contributed by atoms with E-state index in [0.717, 1.165) is 35.5 Å². The Balaban J connectivity index is 1.44.